The largest absolute Gasteiger partial charge is 0.316 e. The lowest BCUT2D eigenvalue weighted by Gasteiger charge is -2.11. The van der Waals surface area contributed by atoms with Gasteiger partial charge < -0.3 is 5.32 Å². The van der Waals surface area contributed by atoms with Crippen molar-refractivity contribution in [3.63, 3.8) is 0 Å². The molecule has 0 aliphatic heterocycles. The summed E-state index contributed by atoms with van der Waals surface area (Å²) in [6, 6.07) is 5.53. The van der Waals surface area contributed by atoms with Gasteiger partial charge in [0.1, 0.15) is 0 Å². The molecule has 100 valence electrons. The summed E-state index contributed by atoms with van der Waals surface area (Å²) in [6.07, 6.45) is 2.82. The number of benzene rings is 1. The fraction of sp³-hybridized carbons (Fsp3) is 0.538. The second-order valence-corrected chi connectivity index (χ2v) is 6.42. The van der Waals surface area contributed by atoms with Gasteiger partial charge in [0, 0.05) is 12.6 Å². The Morgan fingerprint density at radius 3 is 2.56 bits per heavy atom. The van der Waals surface area contributed by atoms with Crippen LogP contribution in [-0.2, 0) is 23.0 Å². The van der Waals surface area contributed by atoms with Crippen LogP contribution in [0, 0.1) is 0 Å². The standard InChI is InChI=1S/C13H20N2O2S/c1-3-10-4-7-13(8-11(10)9-14-2)18(16,17)15-12-5-6-12/h4,7-8,12,14-15H,3,5-6,9H2,1-2H3. The van der Waals surface area contributed by atoms with Crippen LogP contribution in [0.3, 0.4) is 0 Å². The SMILES string of the molecule is CCc1ccc(S(=O)(=O)NC2CC2)cc1CNC. The highest BCUT2D eigenvalue weighted by Gasteiger charge is 2.28. The Bertz CT molecular complexity index is 522. The summed E-state index contributed by atoms with van der Waals surface area (Å²) in [6.45, 7) is 2.76. The van der Waals surface area contributed by atoms with E-state index in [2.05, 4.69) is 17.0 Å². The monoisotopic (exact) mass is 268 g/mol. The molecule has 0 unspecified atom stereocenters. The highest BCUT2D eigenvalue weighted by atomic mass is 32.2. The summed E-state index contributed by atoms with van der Waals surface area (Å²) >= 11 is 0. The third kappa shape index (κ3) is 3.10. The Balaban J connectivity index is 2.29. The molecule has 4 nitrogen and oxygen atoms in total. The van der Waals surface area contributed by atoms with Crippen molar-refractivity contribution >= 4 is 10.0 Å². The van der Waals surface area contributed by atoms with Crippen LogP contribution in [0.5, 0.6) is 0 Å². The number of aryl methyl sites for hydroxylation is 1. The maximum atomic E-state index is 12.1. The average Bonchev–Trinajstić information content (AvgIpc) is 3.12. The molecule has 1 aromatic carbocycles. The van der Waals surface area contributed by atoms with E-state index in [9.17, 15) is 8.42 Å². The van der Waals surface area contributed by atoms with Gasteiger partial charge in [-0.1, -0.05) is 13.0 Å². The first-order valence-corrected chi connectivity index (χ1v) is 7.84. The zero-order valence-electron chi connectivity index (χ0n) is 10.9. The number of hydrogen-bond acceptors (Lipinski definition) is 3. The lowest BCUT2D eigenvalue weighted by Crippen LogP contribution is -2.26. The van der Waals surface area contributed by atoms with Gasteiger partial charge in [-0.05, 0) is 49.6 Å². The lowest BCUT2D eigenvalue weighted by molar-refractivity contribution is 0.580. The molecular formula is C13H20N2O2S. The third-order valence-corrected chi connectivity index (χ3v) is 4.65. The molecule has 1 aromatic rings. The smallest absolute Gasteiger partial charge is 0.240 e. The summed E-state index contributed by atoms with van der Waals surface area (Å²) in [5, 5.41) is 3.08. The lowest BCUT2D eigenvalue weighted by atomic mass is 10.1. The van der Waals surface area contributed by atoms with Gasteiger partial charge >= 0.3 is 0 Å². The van der Waals surface area contributed by atoms with Gasteiger partial charge in [0.25, 0.3) is 0 Å². The molecule has 5 heteroatoms. The summed E-state index contributed by atoms with van der Waals surface area (Å²) in [7, 11) is -1.48. The van der Waals surface area contributed by atoms with Crippen LogP contribution in [0.15, 0.2) is 23.1 Å². The molecule has 1 saturated carbocycles. The molecule has 1 fully saturated rings. The molecule has 2 rings (SSSR count). The predicted molar refractivity (Wildman–Crippen MR) is 71.9 cm³/mol. The van der Waals surface area contributed by atoms with Crippen LogP contribution < -0.4 is 10.0 Å². The van der Waals surface area contributed by atoms with Crippen LogP contribution in [0.1, 0.15) is 30.9 Å². The van der Waals surface area contributed by atoms with Crippen molar-refractivity contribution in [1.82, 2.24) is 10.0 Å². The molecule has 0 atom stereocenters. The molecule has 0 amide bonds. The number of nitrogens with one attached hydrogen (secondary N) is 2. The number of rotatable bonds is 6. The van der Waals surface area contributed by atoms with Crippen molar-refractivity contribution in [2.75, 3.05) is 7.05 Å². The normalized spacial score (nSPS) is 15.9. The fourth-order valence-corrected chi connectivity index (χ4v) is 3.31. The zero-order valence-corrected chi connectivity index (χ0v) is 11.7. The quantitative estimate of drug-likeness (QED) is 0.820. The molecule has 1 aliphatic carbocycles. The fourth-order valence-electron chi connectivity index (χ4n) is 1.96. The minimum absolute atomic E-state index is 0.147. The van der Waals surface area contributed by atoms with Crippen LogP contribution in [0.25, 0.3) is 0 Å². The highest BCUT2D eigenvalue weighted by molar-refractivity contribution is 7.89. The number of hydrogen-bond donors (Lipinski definition) is 2. The van der Waals surface area contributed by atoms with E-state index in [0.717, 1.165) is 24.8 Å². The molecular weight excluding hydrogens is 248 g/mol. The van der Waals surface area contributed by atoms with E-state index in [0.29, 0.717) is 11.4 Å². The molecule has 2 N–H and O–H groups in total. The van der Waals surface area contributed by atoms with Gasteiger partial charge in [0.15, 0.2) is 0 Å². The first-order valence-electron chi connectivity index (χ1n) is 6.35. The van der Waals surface area contributed by atoms with Crippen molar-refractivity contribution in [3.8, 4) is 0 Å². The van der Waals surface area contributed by atoms with E-state index >= 15 is 0 Å². The van der Waals surface area contributed by atoms with Gasteiger partial charge in [-0.25, -0.2) is 13.1 Å². The van der Waals surface area contributed by atoms with Crippen LogP contribution in [0.2, 0.25) is 0 Å². The second-order valence-electron chi connectivity index (χ2n) is 4.71. The summed E-state index contributed by atoms with van der Waals surface area (Å²) < 4.78 is 26.9. The van der Waals surface area contributed by atoms with E-state index in [4.69, 9.17) is 0 Å². The molecule has 0 saturated heterocycles. The number of sulfonamides is 1. The Morgan fingerprint density at radius 2 is 2.00 bits per heavy atom. The Hall–Kier alpha value is -0.910. The molecule has 0 radical (unpaired) electrons. The van der Waals surface area contributed by atoms with Crippen LogP contribution in [-0.4, -0.2) is 21.5 Å². The van der Waals surface area contributed by atoms with Gasteiger partial charge in [-0.3, -0.25) is 0 Å². The molecule has 18 heavy (non-hydrogen) atoms. The van der Waals surface area contributed by atoms with Crippen molar-refractivity contribution in [2.45, 2.75) is 43.7 Å². The van der Waals surface area contributed by atoms with Gasteiger partial charge in [-0.2, -0.15) is 0 Å². The second kappa shape index (κ2) is 5.38. The zero-order chi connectivity index (χ0) is 13.2. The minimum Gasteiger partial charge on any atom is -0.316 e. The molecule has 0 spiro atoms. The van der Waals surface area contributed by atoms with E-state index in [-0.39, 0.29) is 6.04 Å². The molecule has 1 aliphatic rings. The summed E-state index contributed by atoms with van der Waals surface area (Å²) in [5.74, 6) is 0. The molecule has 0 bridgehead atoms. The van der Waals surface area contributed by atoms with Crippen LogP contribution >= 0.6 is 0 Å². The summed E-state index contributed by atoms with van der Waals surface area (Å²) in [4.78, 5) is 0.372. The third-order valence-electron chi connectivity index (χ3n) is 3.14. The Morgan fingerprint density at radius 1 is 1.28 bits per heavy atom. The summed E-state index contributed by atoms with van der Waals surface area (Å²) in [5.41, 5.74) is 2.24. The van der Waals surface area contributed by atoms with E-state index in [1.54, 1.807) is 12.1 Å². The van der Waals surface area contributed by atoms with E-state index in [1.165, 1.54) is 5.56 Å². The van der Waals surface area contributed by atoms with Gasteiger partial charge in [-0.15, -0.1) is 0 Å². The van der Waals surface area contributed by atoms with E-state index in [1.807, 2.05) is 13.1 Å². The van der Waals surface area contributed by atoms with Crippen LogP contribution in [0.4, 0.5) is 0 Å². The van der Waals surface area contributed by atoms with Crippen molar-refractivity contribution in [1.29, 1.82) is 0 Å². The average molecular weight is 268 g/mol. The predicted octanol–water partition coefficient (Wildman–Crippen LogP) is 1.41. The maximum Gasteiger partial charge on any atom is 0.240 e. The highest BCUT2D eigenvalue weighted by Crippen LogP contribution is 2.23. The van der Waals surface area contributed by atoms with Crippen molar-refractivity contribution in [2.24, 2.45) is 0 Å². The maximum absolute atomic E-state index is 12.1. The Kier molecular flexibility index (Phi) is 4.04. The van der Waals surface area contributed by atoms with Gasteiger partial charge in [0.2, 0.25) is 10.0 Å². The topological polar surface area (TPSA) is 58.2 Å². The molecule has 0 aromatic heterocycles. The first-order chi connectivity index (χ1) is 8.56. The van der Waals surface area contributed by atoms with Crippen molar-refractivity contribution in [3.05, 3.63) is 29.3 Å². The molecule has 0 heterocycles. The Labute approximate surface area is 109 Å². The van der Waals surface area contributed by atoms with E-state index < -0.39 is 10.0 Å². The minimum atomic E-state index is -3.34. The van der Waals surface area contributed by atoms with Crippen molar-refractivity contribution < 1.29 is 8.42 Å². The first kappa shape index (κ1) is 13.5. The van der Waals surface area contributed by atoms with Gasteiger partial charge in [0.05, 0.1) is 4.90 Å².